The van der Waals surface area contributed by atoms with Gasteiger partial charge in [-0.15, -0.1) is 0 Å². The fourth-order valence-corrected chi connectivity index (χ4v) is 4.79. The third-order valence-corrected chi connectivity index (χ3v) is 7.23. The average molecular weight is 671 g/mol. The number of amides is 3. The minimum atomic E-state index is -0.937. The predicted octanol–water partition coefficient (Wildman–Crippen LogP) is 6.50. The standard InChI is InChI=1S/C35H48BrN3O5/c1-35(2,3)44-34(42)39(4)33(41)31(22-14-24-37)38-32(40)30(21-13-19-27-15-7-5-8-16-27)29(20-11-12-23-36)26-43-25-28-17-9-6-10-18-28/h5-13,15-19,29-31H,14,20-26,37H2,1-4H3,(H,38,40)/t29-,30?,31-/m1/s1. The highest BCUT2D eigenvalue weighted by atomic mass is 79.9. The number of nitrogens with zero attached hydrogens (tertiary/aromatic N) is 1. The van der Waals surface area contributed by atoms with Crippen molar-refractivity contribution in [3.05, 3.63) is 90.0 Å². The molecule has 0 radical (unpaired) electrons. The van der Waals surface area contributed by atoms with Crippen molar-refractivity contribution in [1.29, 1.82) is 0 Å². The molecule has 44 heavy (non-hydrogen) atoms. The van der Waals surface area contributed by atoms with E-state index in [-0.39, 0.29) is 11.8 Å². The van der Waals surface area contributed by atoms with Crippen molar-refractivity contribution in [3.63, 3.8) is 0 Å². The van der Waals surface area contributed by atoms with Gasteiger partial charge in [-0.3, -0.25) is 9.59 Å². The van der Waals surface area contributed by atoms with E-state index in [0.29, 0.717) is 50.8 Å². The molecule has 0 aromatic heterocycles. The number of carbonyl (C=O) groups excluding carboxylic acids is 3. The van der Waals surface area contributed by atoms with E-state index in [0.717, 1.165) is 16.0 Å². The van der Waals surface area contributed by atoms with Gasteiger partial charge in [-0.25, -0.2) is 9.69 Å². The Morgan fingerprint density at radius 2 is 1.64 bits per heavy atom. The topological polar surface area (TPSA) is 111 Å². The molecule has 9 heteroatoms. The molecule has 0 saturated carbocycles. The van der Waals surface area contributed by atoms with Crippen LogP contribution in [0.2, 0.25) is 0 Å². The number of likely N-dealkylation sites (N-methyl/N-ethyl adjacent to an activating group) is 1. The summed E-state index contributed by atoms with van der Waals surface area (Å²) >= 11 is 3.43. The molecule has 8 nitrogen and oxygen atoms in total. The zero-order chi connectivity index (χ0) is 32.4. The van der Waals surface area contributed by atoms with Gasteiger partial charge in [0.2, 0.25) is 5.91 Å². The van der Waals surface area contributed by atoms with E-state index >= 15 is 0 Å². The number of ether oxygens (including phenoxy) is 2. The van der Waals surface area contributed by atoms with Crippen LogP contribution < -0.4 is 11.1 Å². The van der Waals surface area contributed by atoms with Gasteiger partial charge in [0, 0.05) is 18.3 Å². The Morgan fingerprint density at radius 1 is 0.977 bits per heavy atom. The smallest absolute Gasteiger partial charge is 0.416 e. The summed E-state index contributed by atoms with van der Waals surface area (Å²) in [6.07, 6.45) is 9.07. The lowest BCUT2D eigenvalue weighted by Gasteiger charge is -2.29. The Hall–Kier alpha value is -3.27. The molecule has 3 atom stereocenters. The van der Waals surface area contributed by atoms with Crippen molar-refractivity contribution in [3.8, 4) is 0 Å². The predicted molar refractivity (Wildman–Crippen MR) is 180 cm³/mol. The van der Waals surface area contributed by atoms with Crippen LogP contribution in [0.25, 0.3) is 6.08 Å². The monoisotopic (exact) mass is 669 g/mol. The van der Waals surface area contributed by atoms with Gasteiger partial charge in [0.05, 0.1) is 13.2 Å². The second-order valence-corrected chi connectivity index (χ2v) is 12.3. The van der Waals surface area contributed by atoms with Gasteiger partial charge in [-0.2, -0.15) is 0 Å². The van der Waals surface area contributed by atoms with Crippen molar-refractivity contribution in [1.82, 2.24) is 10.2 Å². The summed E-state index contributed by atoms with van der Waals surface area (Å²) in [6.45, 7) is 6.30. The second-order valence-electron chi connectivity index (χ2n) is 11.6. The number of hydrogen-bond donors (Lipinski definition) is 2. The summed E-state index contributed by atoms with van der Waals surface area (Å²) in [5.74, 6) is -1.51. The lowest BCUT2D eigenvalue weighted by atomic mass is 9.85. The first-order valence-corrected chi connectivity index (χ1v) is 16.2. The zero-order valence-electron chi connectivity index (χ0n) is 26.4. The van der Waals surface area contributed by atoms with Crippen LogP contribution in [0.15, 0.2) is 78.9 Å². The Morgan fingerprint density at radius 3 is 2.25 bits per heavy atom. The molecule has 0 aliphatic heterocycles. The van der Waals surface area contributed by atoms with Crippen molar-refractivity contribution >= 4 is 39.9 Å². The number of rotatable bonds is 17. The summed E-state index contributed by atoms with van der Waals surface area (Å²) in [6, 6.07) is 18.8. The number of allylic oxidation sites excluding steroid dienone is 3. The fourth-order valence-electron chi connectivity index (χ4n) is 4.53. The van der Waals surface area contributed by atoms with E-state index in [4.69, 9.17) is 15.2 Å². The highest BCUT2D eigenvalue weighted by molar-refractivity contribution is 9.09. The molecular weight excluding hydrogens is 622 g/mol. The third kappa shape index (κ3) is 14.0. The molecule has 1 unspecified atom stereocenters. The normalized spacial score (nSPS) is 13.9. The molecule has 0 bridgehead atoms. The fraction of sp³-hybridized carbons (Fsp3) is 0.457. The highest BCUT2D eigenvalue weighted by Crippen LogP contribution is 2.24. The summed E-state index contributed by atoms with van der Waals surface area (Å²) < 4.78 is 11.5. The maximum atomic E-state index is 14.0. The van der Waals surface area contributed by atoms with Gasteiger partial charge in [-0.05, 0) is 70.0 Å². The molecular formula is C35H48BrN3O5. The van der Waals surface area contributed by atoms with E-state index in [1.165, 1.54) is 7.05 Å². The van der Waals surface area contributed by atoms with Gasteiger partial charge < -0.3 is 20.5 Å². The van der Waals surface area contributed by atoms with Crippen LogP contribution in [-0.4, -0.2) is 60.0 Å². The molecule has 0 fully saturated rings. The largest absolute Gasteiger partial charge is 0.443 e. The van der Waals surface area contributed by atoms with E-state index < -0.39 is 29.6 Å². The first-order chi connectivity index (χ1) is 21.1. The quantitative estimate of drug-likeness (QED) is 0.147. The number of benzene rings is 2. The molecule has 3 N–H and O–H groups in total. The second kappa shape index (κ2) is 19.9. The molecule has 2 aromatic rings. The number of alkyl halides is 1. The van der Waals surface area contributed by atoms with E-state index in [2.05, 4.69) is 21.2 Å². The van der Waals surface area contributed by atoms with Crippen molar-refractivity contribution in [2.24, 2.45) is 17.6 Å². The van der Waals surface area contributed by atoms with Crippen LogP contribution >= 0.6 is 15.9 Å². The van der Waals surface area contributed by atoms with Crippen molar-refractivity contribution < 1.29 is 23.9 Å². The molecule has 2 aromatic carbocycles. The molecule has 3 amide bonds. The highest BCUT2D eigenvalue weighted by Gasteiger charge is 2.34. The third-order valence-electron chi connectivity index (χ3n) is 6.85. The van der Waals surface area contributed by atoms with Crippen LogP contribution in [0.1, 0.15) is 57.6 Å². The Balaban J connectivity index is 2.32. The zero-order valence-corrected chi connectivity index (χ0v) is 28.0. The van der Waals surface area contributed by atoms with Gasteiger partial charge in [-0.1, -0.05) is 101 Å². The van der Waals surface area contributed by atoms with E-state index in [9.17, 15) is 14.4 Å². The van der Waals surface area contributed by atoms with E-state index in [1.54, 1.807) is 20.8 Å². The van der Waals surface area contributed by atoms with Crippen LogP contribution in [0.5, 0.6) is 0 Å². The lowest BCUT2D eigenvalue weighted by Crippen LogP contribution is -2.52. The molecule has 0 saturated heterocycles. The van der Waals surface area contributed by atoms with Gasteiger partial charge in [0.1, 0.15) is 11.6 Å². The maximum absolute atomic E-state index is 14.0. The Kier molecular flexibility index (Phi) is 16.7. The maximum Gasteiger partial charge on any atom is 0.416 e. The van der Waals surface area contributed by atoms with Gasteiger partial charge in [0.15, 0.2) is 0 Å². The van der Waals surface area contributed by atoms with E-state index in [1.807, 2.05) is 85.0 Å². The Bertz CT molecular complexity index is 1200. The number of imide groups is 1. The van der Waals surface area contributed by atoms with Crippen molar-refractivity contribution in [2.45, 2.75) is 64.7 Å². The first-order valence-electron chi connectivity index (χ1n) is 15.1. The summed E-state index contributed by atoms with van der Waals surface area (Å²) in [7, 11) is 1.36. The molecule has 240 valence electrons. The number of nitrogens with one attached hydrogen (secondary N) is 1. The number of halogens is 1. The Labute approximate surface area is 271 Å². The molecule has 0 spiro atoms. The number of carbonyl (C=O) groups is 3. The summed E-state index contributed by atoms with van der Waals surface area (Å²) in [5, 5.41) is 3.66. The minimum Gasteiger partial charge on any atom is -0.443 e. The summed E-state index contributed by atoms with van der Waals surface area (Å²) in [4.78, 5) is 41.1. The van der Waals surface area contributed by atoms with Crippen LogP contribution in [0, 0.1) is 11.8 Å². The molecule has 0 aliphatic rings. The van der Waals surface area contributed by atoms with Crippen molar-refractivity contribution in [2.75, 3.05) is 25.5 Å². The SMILES string of the molecule is CN(C(=O)OC(C)(C)C)C(=O)[C@@H](CCCN)NC(=O)C(CC=Cc1ccccc1)[C@H](CC=CCBr)COCc1ccccc1. The van der Waals surface area contributed by atoms with Gasteiger partial charge in [0.25, 0.3) is 5.91 Å². The van der Waals surface area contributed by atoms with Crippen LogP contribution in [0.4, 0.5) is 4.79 Å². The van der Waals surface area contributed by atoms with Crippen LogP contribution in [0.3, 0.4) is 0 Å². The average Bonchev–Trinajstić information content (AvgIpc) is 3.00. The number of nitrogens with two attached hydrogens (primary N) is 1. The number of hydrogen-bond acceptors (Lipinski definition) is 6. The molecule has 2 rings (SSSR count). The molecule has 0 aliphatic carbocycles. The minimum absolute atomic E-state index is 0.178. The molecule has 0 heterocycles. The summed E-state index contributed by atoms with van der Waals surface area (Å²) in [5.41, 5.74) is 7.06. The van der Waals surface area contributed by atoms with Gasteiger partial charge >= 0.3 is 6.09 Å². The lowest BCUT2D eigenvalue weighted by molar-refractivity contribution is -0.137. The van der Waals surface area contributed by atoms with Crippen LogP contribution in [-0.2, 0) is 25.7 Å². The first kappa shape index (κ1) is 36.9.